The summed E-state index contributed by atoms with van der Waals surface area (Å²) < 4.78 is 36.5. The third kappa shape index (κ3) is 8.66. The highest BCUT2D eigenvalue weighted by Gasteiger charge is 2.42. The van der Waals surface area contributed by atoms with Crippen molar-refractivity contribution in [3.63, 3.8) is 0 Å². The van der Waals surface area contributed by atoms with Gasteiger partial charge in [0.05, 0.1) is 25.4 Å². The van der Waals surface area contributed by atoms with E-state index in [-0.39, 0.29) is 0 Å². The summed E-state index contributed by atoms with van der Waals surface area (Å²) in [5.41, 5.74) is 1.43. The molecule has 0 saturated heterocycles. The molecule has 0 bridgehead atoms. The first kappa shape index (κ1) is 31.4. The van der Waals surface area contributed by atoms with Gasteiger partial charge in [0.25, 0.3) is 0 Å². The molecule has 1 N–H and O–H groups in total. The molecule has 0 spiro atoms. The zero-order valence-electron chi connectivity index (χ0n) is 23.9. The van der Waals surface area contributed by atoms with Crippen molar-refractivity contribution < 1.29 is 32.6 Å². The number of fused-ring (bicyclic) bond motifs is 1. The Balaban J connectivity index is 2.02. The van der Waals surface area contributed by atoms with Crippen LogP contribution < -0.4 is 22.8 Å². The lowest BCUT2D eigenvalue weighted by Gasteiger charge is -2.38. The summed E-state index contributed by atoms with van der Waals surface area (Å²) in [6, 6.07) is 9.38. The highest BCUT2D eigenvalue weighted by molar-refractivity contribution is 9.06. The number of aliphatic hydroxyl groups excluding tert-OH is 1. The molecule has 0 amide bonds. The maximum atomic E-state index is 11.7. The van der Waals surface area contributed by atoms with E-state index in [1.54, 1.807) is 0 Å². The number of unbranched alkanes of at least 4 members (excludes halogenated alkanes) is 4. The lowest BCUT2D eigenvalue weighted by Crippen LogP contribution is -2.37. The van der Waals surface area contributed by atoms with Gasteiger partial charge in [-0.1, -0.05) is 59.4 Å². The van der Waals surface area contributed by atoms with Crippen molar-refractivity contribution in [2.24, 2.45) is 0 Å². The van der Waals surface area contributed by atoms with E-state index in [0.29, 0.717) is 60.7 Å². The van der Waals surface area contributed by atoms with Gasteiger partial charge in [0.1, 0.15) is 29.5 Å². The number of hydrogen-bond acceptors (Lipinski definition) is 7. The van der Waals surface area contributed by atoms with Gasteiger partial charge in [-0.3, -0.25) is 0 Å². The van der Waals surface area contributed by atoms with Gasteiger partial charge in [-0.05, 0) is 43.4 Å². The summed E-state index contributed by atoms with van der Waals surface area (Å²) in [6.07, 6.45) is 5.58. The molecule has 1 heterocycles. The first-order chi connectivity index (χ1) is 19.1. The SMILES string of the molecule is CCCCOc1cc(OCCCC)c2c(c1)O[C@H](c1ccc(OBr)c(OCCCC)c1)[C@@H](OCCCC)[C@H]2O. The predicted octanol–water partition coefficient (Wildman–Crippen LogP) is 8.26. The van der Waals surface area contributed by atoms with Gasteiger partial charge in [-0.2, -0.15) is 0 Å². The van der Waals surface area contributed by atoms with Gasteiger partial charge in [-0.15, -0.1) is 0 Å². The Kier molecular flexibility index (Phi) is 13.5. The maximum Gasteiger partial charge on any atom is 0.179 e. The number of benzene rings is 2. The third-order valence-corrected chi connectivity index (χ3v) is 7.05. The summed E-state index contributed by atoms with van der Waals surface area (Å²) in [5.74, 6) is 2.96. The number of hydrogen-bond donors (Lipinski definition) is 1. The predicted molar refractivity (Wildman–Crippen MR) is 157 cm³/mol. The molecule has 0 fully saturated rings. The first-order valence-corrected chi connectivity index (χ1v) is 15.2. The summed E-state index contributed by atoms with van der Waals surface area (Å²) >= 11 is 3.09. The molecule has 0 radical (unpaired) electrons. The molecule has 0 aromatic heterocycles. The van der Waals surface area contributed by atoms with Crippen LogP contribution in [0, 0.1) is 0 Å². The average Bonchev–Trinajstić information content (AvgIpc) is 2.94. The zero-order valence-corrected chi connectivity index (χ0v) is 25.5. The minimum absolute atomic E-state index is 0.514. The second-order valence-corrected chi connectivity index (χ2v) is 10.2. The fourth-order valence-electron chi connectivity index (χ4n) is 4.37. The van der Waals surface area contributed by atoms with Gasteiger partial charge in [0.2, 0.25) is 0 Å². The third-order valence-electron chi connectivity index (χ3n) is 6.70. The fourth-order valence-corrected chi connectivity index (χ4v) is 4.64. The van der Waals surface area contributed by atoms with Crippen LogP contribution >= 0.6 is 16.3 Å². The van der Waals surface area contributed by atoms with Crippen molar-refractivity contribution in [3.8, 4) is 28.7 Å². The Morgan fingerprint density at radius 3 is 2.00 bits per heavy atom. The van der Waals surface area contributed by atoms with Gasteiger partial charge in [-0.25, -0.2) is 0 Å². The van der Waals surface area contributed by atoms with E-state index >= 15 is 0 Å². The van der Waals surface area contributed by atoms with Crippen LogP contribution in [0.15, 0.2) is 30.3 Å². The molecule has 1 aliphatic heterocycles. The molecule has 2 aromatic rings. The second-order valence-electron chi connectivity index (χ2n) is 9.89. The van der Waals surface area contributed by atoms with E-state index in [1.807, 2.05) is 30.3 Å². The smallest absolute Gasteiger partial charge is 0.179 e. The number of rotatable bonds is 18. The van der Waals surface area contributed by atoms with E-state index in [4.69, 9.17) is 27.5 Å². The quantitative estimate of drug-likeness (QED) is 0.171. The zero-order chi connectivity index (χ0) is 28.0. The first-order valence-electron chi connectivity index (χ1n) is 14.5. The lowest BCUT2D eigenvalue weighted by molar-refractivity contribution is -0.111. The Labute approximate surface area is 242 Å². The highest BCUT2D eigenvalue weighted by atomic mass is 79.9. The average molecular weight is 610 g/mol. The Morgan fingerprint density at radius 1 is 0.744 bits per heavy atom. The molecule has 2 aromatic carbocycles. The van der Waals surface area contributed by atoms with Crippen LogP contribution in [0.2, 0.25) is 0 Å². The highest BCUT2D eigenvalue weighted by Crippen LogP contribution is 2.49. The van der Waals surface area contributed by atoms with Crippen molar-refractivity contribution in [3.05, 3.63) is 41.5 Å². The topological polar surface area (TPSA) is 75.6 Å². The van der Waals surface area contributed by atoms with Crippen molar-refractivity contribution >= 4 is 16.3 Å². The molecule has 0 saturated carbocycles. The van der Waals surface area contributed by atoms with E-state index in [2.05, 4.69) is 44.0 Å². The Hall–Kier alpha value is -2.16. The van der Waals surface area contributed by atoms with Crippen LogP contribution in [0.1, 0.15) is 102 Å². The van der Waals surface area contributed by atoms with Crippen LogP contribution in [-0.4, -0.2) is 37.6 Å². The molecule has 7 nitrogen and oxygen atoms in total. The van der Waals surface area contributed by atoms with Crippen LogP contribution in [0.4, 0.5) is 0 Å². The van der Waals surface area contributed by atoms with Crippen LogP contribution in [0.5, 0.6) is 28.7 Å². The molecule has 39 heavy (non-hydrogen) atoms. The normalized spacial score (nSPS) is 18.3. The number of aliphatic hydroxyl groups is 1. The van der Waals surface area contributed by atoms with E-state index in [0.717, 1.165) is 56.9 Å². The summed E-state index contributed by atoms with van der Waals surface area (Å²) in [4.78, 5) is 0. The van der Waals surface area contributed by atoms with Gasteiger partial charge in [0, 0.05) is 18.7 Å². The molecule has 0 unspecified atom stereocenters. The van der Waals surface area contributed by atoms with Gasteiger partial charge >= 0.3 is 0 Å². The summed E-state index contributed by atoms with van der Waals surface area (Å²) in [5, 5.41) is 11.7. The minimum atomic E-state index is -0.950. The Bertz CT molecular complexity index is 999. The van der Waals surface area contributed by atoms with E-state index in [9.17, 15) is 5.11 Å². The molecular formula is C31H45BrO7. The minimum Gasteiger partial charge on any atom is -0.493 e. The van der Waals surface area contributed by atoms with Crippen LogP contribution in [-0.2, 0) is 4.74 Å². The summed E-state index contributed by atoms with van der Waals surface area (Å²) in [7, 11) is 0. The lowest BCUT2D eigenvalue weighted by atomic mass is 9.91. The Morgan fingerprint density at radius 2 is 1.36 bits per heavy atom. The molecule has 0 aliphatic carbocycles. The van der Waals surface area contributed by atoms with Crippen LogP contribution in [0.3, 0.4) is 0 Å². The van der Waals surface area contributed by atoms with Crippen molar-refractivity contribution in [2.45, 2.75) is 97.4 Å². The van der Waals surface area contributed by atoms with Crippen molar-refractivity contribution in [2.75, 3.05) is 26.4 Å². The van der Waals surface area contributed by atoms with Gasteiger partial charge in [0.15, 0.2) is 33.9 Å². The van der Waals surface area contributed by atoms with Gasteiger partial charge < -0.3 is 32.6 Å². The molecular weight excluding hydrogens is 564 g/mol. The maximum absolute atomic E-state index is 11.7. The molecule has 8 heteroatoms. The number of halogens is 1. The molecule has 3 rings (SSSR count). The van der Waals surface area contributed by atoms with E-state index in [1.165, 1.54) is 0 Å². The molecule has 218 valence electrons. The fraction of sp³-hybridized carbons (Fsp3) is 0.613. The van der Waals surface area contributed by atoms with E-state index < -0.39 is 18.3 Å². The monoisotopic (exact) mass is 608 g/mol. The van der Waals surface area contributed by atoms with Crippen molar-refractivity contribution in [1.29, 1.82) is 0 Å². The van der Waals surface area contributed by atoms with Crippen molar-refractivity contribution in [1.82, 2.24) is 0 Å². The van der Waals surface area contributed by atoms with Crippen LogP contribution in [0.25, 0.3) is 0 Å². The summed E-state index contributed by atoms with van der Waals surface area (Å²) in [6.45, 7) is 10.7. The second kappa shape index (κ2) is 16.8. The molecule has 3 atom stereocenters. The standard InChI is InChI=1S/C31H45BrO7/c1-5-9-15-34-23-20-26(36-17-11-7-3)28-27(21-23)38-30(31(29(28)33)37-18-12-8-4)22-13-14-24(39-32)25(19-22)35-16-10-6-2/h13-14,19-21,29-31,33H,5-12,15-18H2,1-4H3/t29-,30+,31-/m0/s1. The molecule has 1 aliphatic rings. The number of ether oxygens (including phenoxy) is 5. The largest absolute Gasteiger partial charge is 0.493 e.